The lowest BCUT2D eigenvalue weighted by atomic mass is 10.3. The van der Waals surface area contributed by atoms with Crippen LogP contribution in [0.1, 0.15) is 30.2 Å². The van der Waals surface area contributed by atoms with Gasteiger partial charge in [-0.25, -0.2) is 18.4 Å². The van der Waals surface area contributed by atoms with Gasteiger partial charge < -0.3 is 9.73 Å². The number of rotatable bonds is 6. The standard InChI is InChI=1S/C13H18N4O3S/c1-9-6-16-13(20-9)10(2)17-21(18,19)12-5-4-11(7-14-3)8-15-12/h4-6,8,10,14,17H,7H2,1-3H3. The predicted octanol–water partition coefficient (Wildman–Crippen LogP) is 1.14. The third kappa shape index (κ3) is 3.87. The highest BCUT2D eigenvalue weighted by Gasteiger charge is 2.22. The van der Waals surface area contributed by atoms with Crippen LogP contribution in [0.3, 0.4) is 0 Å². The van der Waals surface area contributed by atoms with Gasteiger partial charge in [0.25, 0.3) is 10.0 Å². The lowest BCUT2D eigenvalue weighted by Gasteiger charge is -2.11. The van der Waals surface area contributed by atoms with Gasteiger partial charge in [0.1, 0.15) is 5.76 Å². The summed E-state index contributed by atoms with van der Waals surface area (Å²) in [5.74, 6) is 0.952. The van der Waals surface area contributed by atoms with E-state index in [0.717, 1.165) is 5.56 Å². The fraction of sp³-hybridized carbons (Fsp3) is 0.385. The molecular formula is C13H18N4O3S. The molecule has 2 rings (SSSR count). The smallest absolute Gasteiger partial charge is 0.258 e. The molecule has 8 heteroatoms. The van der Waals surface area contributed by atoms with Crippen molar-refractivity contribution in [3.63, 3.8) is 0 Å². The van der Waals surface area contributed by atoms with Crippen molar-refractivity contribution in [3.05, 3.63) is 41.7 Å². The number of aromatic nitrogens is 2. The highest BCUT2D eigenvalue weighted by molar-refractivity contribution is 7.89. The van der Waals surface area contributed by atoms with E-state index in [1.54, 1.807) is 26.1 Å². The largest absolute Gasteiger partial charge is 0.444 e. The quantitative estimate of drug-likeness (QED) is 0.830. The zero-order valence-corrected chi connectivity index (χ0v) is 12.9. The molecule has 21 heavy (non-hydrogen) atoms. The SMILES string of the molecule is CNCc1ccc(S(=O)(=O)NC(C)c2ncc(C)o2)nc1. The number of hydrogen-bond donors (Lipinski definition) is 2. The minimum atomic E-state index is -3.71. The van der Waals surface area contributed by atoms with Gasteiger partial charge in [0.15, 0.2) is 5.03 Å². The summed E-state index contributed by atoms with van der Waals surface area (Å²) in [6.45, 7) is 4.05. The van der Waals surface area contributed by atoms with Crippen LogP contribution in [0.5, 0.6) is 0 Å². The Bertz CT molecular complexity index is 694. The van der Waals surface area contributed by atoms with Crippen LogP contribution in [0.4, 0.5) is 0 Å². The Hall–Kier alpha value is -1.77. The number of aryl methyl sites for hydroxylation is 1. The molecule has 0 aromatic carbocycles. The number of sulfonamides is 1. The second kappa shape index (κ2) is 6.33. The van der Waals surface area contributed by atoms with Crippen molar-refractivity contribution in [1.29, 1.82) is 0 Å². The third-order valence-electron chi connectivity index (χ3n) is 2.80. The van der Waals surface area contributed by atoms with Crippen LogP contribution in [0.25, 0.3) is 0 Å². The van der Waals surface area contributed by atoms with E-state index in [1.807, 2.05) is 7.05 Å². The van der Waals surface area contributed by atoms with Crippen LogP contribution in [-0.2, 0) is 16.6 Å². The van der Waals surface area contributed by atoms with Crippen molar-refractivity contribution in [2.45, 2.75) is 31.5 Å². The zero-order chi connectivity index (χ0) is 15.5. The highest BCUT2D eigenvalue weighted by atomic mass is 32.2. The molecule has 1 unspecified atom stereocenters. The molecule has 0 radical (unpaired) electrons. The molecule has 114 valence electrons. The summed E-state index contributed by atoms with van der Waals surface area (Å²) in [4.78, 5) is 7.99. The Morgan fingerprint density at radius 1 is 1.29 bits per heavy atom. The molecule has 0 aliphatic heterocycles. The molecule has 0 bridgehead atoms. The molecule has 0 spiro atoms. The summed E-state index contributed by atoms with van der Waals surface area (Å²) in [5.41, 5.74) is 0.910. The molecule has 0 saturated carbocycles. The van der Waals surface area contributed by atoms with Gasteiger partial charge in [-0.3, -0.25) is 0 Å². The molecule has 0 fully saturated rings. The minimum Gasteiger partial charge on any atom is -0.444 e. The van der Waals surface area contributed by atoms with Crippen LogP contribution < -0.4 is 10.0 Å². The molecule has 7 nitrogen and oxygen atoms in total. The topological polar surface area (TPSA) is 97.1 Å². The lowest BCUT2D eigenvalue weighted by Crippen LogP contribution is -2.27. The Balaban J connectivity index is 2.14. The van der Waals surface area contributed by atoms with Crippen molar-refractivity contribution in [3.8, 4) is 0 Å². The van der Waals surface area contributed by atoms with Crippen molar-refractivity contribution in [2.75, 3.05) is 7.05 Å². The first-order valence-corrected chi connectivity index (χ1v) is 7.95. The summed E-state index contributed by atoms with van der Waals surface area (Å²) < 4.78 is 32.3. The highest BCUT2D eigenvalue weighted by Crippen LogP contribution is 2.16. The Morgan fingerprint density at radius 2 is 2.05 bits per heavy atom. The maximum Gasteiger partial charge on any atom is 0.258 e. The zero-order valence-electron chi connectivity index (χ0n) is 12.1. The maximum atomic E-state index is 12.2. The van der Waals surface area contributed by atoms with Gasteiger partial charge >= 0.3 is 0 Å². The summed E-state index contributed by atoms with van der Waals surface area (Å²) in [5, 5.41) is 2.94. The minimum absolute atomic E-state index is 0.0301. The van der Waals surface area contributed by atoms with E-state index in [9.17, 15) is 8.42 Å². The van der Waals surface area contributed by atoms with Crippen LogP contribution in [0.15, 0.2) is 34.0 Å². The number of nitrogens with zero attached hydrogens (tertiary/aromatic N) is 2. The first kappa shape index (κ1) is 15.6. The number of nitrogens with one attached hydrogen (secondary N) is 2. The van der Waals surface area contributed by atoms with Crippen molar-refractivity contribution in [2.24, 2.45) is 0 Å². The third-order valence-corrected chi connectivity index (χ3v) is 4.25. The van der Waals surface area contributed by atoms with Crippen LogP contribution >= 0.6 is 0 Å². The first-order chi connectivity index (χ1) is 9.92. The summed E-state index contributed by atoms with van der Waals surface area (Å²) in [7, 11) is -1.90. The van der Waals surface area contributed by atoms with E-state index < -0.39 is 16.1 Å². The molecule has 2 aromatic rings. The molecule has 2 heterocycles. The summed E-state index contributed by atoms with van der Waals surface area (Å²) >= 11 is 0. The molecule has 2 aromatic heterocycles. The van der Waals surface area contributed by atoms with Gasteiger partial charge in [0, 0.05) is 12.7 Å². The molecule has 0 saturated heterocycles. The van der Waals surface area contributed by atoms with Crippen molar-refractivity contribution in [1.82, 2.24) is 20.0 Å². The molecule has 2 N–H and O–H groups in total. The monoisotopic (exact) mass is 310 g/mol. The second-order valence-corrected chi connectivity index (χ2v) is 6.35. The average Bonchev–Trinajstić information content (AvgIpc) is 2.86. The van der Waals surface area contributed by atoms with Crippen LogP contribution in [0.2, 0.25) is 0 Å². The van der Waals surface area contributed by atoms with Crippen molar-refractivity contribution < 1.29 is 12.8 Å². The Morgan fingerprint density at radius 3 is 2.57 bits per heavy atom. The molecule has 1 atom stereocenters. The van der Waals surface area contributed by atoms with E-state index in [1.165, 1.54) is 12.3 Å². The first-order valence-electron chi connectivity index (χ1n) is 6.46. The predicted molar refractivity (Wildman–Crippen MR) is 77.0 cm³/mol. The van der Waals surface area contributed by atoms with E-state index in [0.29, 0.717) is 18.2 Å². The van der Waals surface area contributed by atoms with E-state index in [-0.39, 0.29) is 5.03 Å². The number of hydrogen-bond acceptors (Lipinski definition) is 6. The summed E-state index contributed by atoms with van der Waals surface area (Å²) in [6, 6.07) is 2.63. The number of pyridine rings is 1. The lowest BCUT2D eigenvalue weighted by molar-refractivity contribution is 0.427. The summed E-state index contributed by atoms with van der Waals surface area (Å²) in [6.07, 6.45) is 3.08. The van der Waals surface area contributed by atoms with Crippen LogP contribution in [0, 0.1) is 6.92 Å². The van der Waals surface area contributed by atoms with Crippen LogP contribution in [-0.4, -0.2) is 25.4 Å². The number of oxazole rings is 1. The van der Waals surface area contributed by atoms with E-state index >= 15 is 0 Å². The molecular weight excluding hydrogens is 292 g/mol. The average molecular weight is 310 g/mol. The van der Waals surface area contributed by atoms with Gasteiger partial charge in [-0.15, -0.1) is 0 Å². The molecule has 0 amide bonds. The normalized spacial score (nSPS) is 13.3. The van der Waals surface area contributed by atoms with Gasteiger partial charge in [0.2, 0.25) is 5.89 Å². The van der Waals surface area contributed by atoms with E-state index in [4.69, 9.17) is 4.42 Å². The molecule has 0 aliphatic carbocycles. The fourth-order valence-corrected chi connectivity index (χ4v) is 2.92. The van der Waals surface area contributed by atoms with Gasteiger partial charge in [0.05, 0.1) is 12.2 Å². The molecule has 0 aliphatic rings. The van der Waals surface area contributed by atoms with E-state index in [2.05, 4.69) is 20.0 Å². The Kier molecular flexibility index (Phi) is 4.71. The van der Waals surface area contributed by atoms with Gasteiger partial charge in [-0.1, -0.05) is 6.07 Å². The van der Waals surface area contributed by atoms with Crippen molar-refractivity contribution >= 4 is 10.0 Å². The Labute approximate surface area is 123 Å². The van der Waals surface area contributed by atoms with Gasteiger partial charge in [-0.05, 0) is 32.5 Å². The maximum absolute atomic E-state index is 12.2. The fourth-order valence-electron chi connectivity index (χ4n) is 1.79. The van der Waals surface area contributed by atoms with Gasteiger partial charge in [-0.2, -0.15) is 4.72 Å². The second-order valence-electron chi connectivity index (χ2n) is 4.69.